The molecule has 2 aliphatic heterocycles. The molecule has 7 heteroatoms. The van der Waals surface area contributed by atoms with Crippen molar-refractivity contribution in [3.05, 3.63) is 58.6 Å². The summed E-state index contributed by atoms with van der Waals surface area (Å²) in [5.41, 5.74) is 2.59. The van der Waals surface area contributed by atoms with E-state index in [1.165, 1.54) is 5.01 Å². The molecule has 0 aliphatic carbocycles. The molecule has 0 aromatic heterocycles. The van der Waals surface area contributed by atoms with Crippen LogP contribution < -0.4 is 14.8 Å². The Kier molecular flexibility index (Phi) is 4.53. The minimum absolute atomic E-state index is 0.0998. The molecule has 134 valence electrons. The SMILES string of the molecule is CNCC(=O)N1N=C(c2ccccc2Cl)CC1c1ccc2c(c1)OCO2. The van der Waals surface area contributed by atoms with Crippen molar-refractivity contribution in [2.24, 2.45) is 5.10 Å². The zero-order valence-electron chi connectivity index (χ0n) is 14.2. The summed E-state index contributed by atoms with van der Waals surface area (Å²) in [6.45, 7) is 0.424. The summed E-state index contributed by atoms with van der Waals surface area (Å²) >= 11 is 6.33. The van der Waals surface area contributed by atoms with E-state index in [1.54, 1.807) is 7.05 Å². The minimum Gasteiger partial charge on any atom is -0.454 e. The van der Waals surface area contributed by atoms with Gasteiger partial charge in [-0.15, -0.1) is 0 Å². The van der Waals surface area contributed by atoms with Crippen LogP contribution in [0.4, 0.5) is 0 Å². The number of rotatable bonds is 4. The number of amides is 1. The van der Waals surface area contributed by atoms with Gasteiger partial charge in [0, 0.05) is 17.0 Å². The molecule has 2 aliphatic rings. The summed E-state index contributed by atoms with van der Waals surface area (Å²) in [6, 6.07) is 13.1. The summed E-state index contributed by atoms with van der Waals surface area (Å²) < 4.78 is 10.9. The van der Waals surface area contributed by atoms with Crippen molar-refractivity contribution in [2.45, 2.75) is 12.5 Å². The molecular formula is C19H18ClN3O3. The zero-order valence-corrected chi connectivity index (χ0v) is 15.0. The van der Waals surface area contributed by atoms with E-state index in [-0.39, 0.29) is 25.3 Å². The molecule has 0 saturated heterocycles. The Hall–Kier alpha value is -2.57. The highest BCUT2D eigenvalue weighted by molar-refractivity contribution is 6.34. The average Bonchev–Trinajstić information content (AvgIpc) is 3.28. The number of hydrazone groups is 1. The predicted molar refractivity (Wildman–Crippen MR) is 98.7 cm³/mol. The van der Waals surface area contributed by atoms with Gasteiger partial charge in [0.15, 0.2) is 11.5 Å². The highest BCUT2D eigenvalue weighted by Gasteiger charge is 2.34. The first kappa shape index (κ1) is 16.9. The van der Waals surface area contributed by atoms with Crippen molar-refractivity contribution in [3.8, 4) is 11.5 Å². The normalized spacial score (nSPS) is 18.2. The molecule has 1 atom stereocenters. The smallest absolute Gasteiger partial charge is 0.257 e. The van der Waals surface area contributed by atoms with Gasteiger partial charge in [0.1, 0.15) is 0 Å². The highest BCUT2D eigenvalue weighted by Crippen LogP contribution is 2.39. The molecule has 2 aromatic rings. The Morgan fingerprint density at radius 2 is 2.08 bits per heavy atom. The topological polar surface area (TPSA) is 63.2 Å². The highest BCUT2D eigenvalue weighted by atomic mass is 35.5. The van der Waals surface area contributed by atoms with Crippen LogP contribution in [-0.4, -0.2) is 37.0 Å². The first-order chi connectivity index (χ1) is 12.7. The van der Waals surface area contributed by atoms with Gasteiger partial charge < -0.3 is 14.8 Å². The number of ether oxygens (including phenoxy) is 2. The number of halogens is 1. The van der Waals surface area contributed by atoms with E-state index in [4.69, 9.17) is 21.1 Å². The van der Waals surface area contributed by atoms with Gasteiger partial charge in [-0.1, -0.05) is 35.9 Å². The quantitative estimate of drug-likeness (QED) is 0.897. The predicted octanol–water partition coefficient (Wildman–Crippen LogP) is 2.97. The van der Waals surface area contributed by atoms with Crippen molar-refractivity contribution in [1.29, 1.82) is 0 Å². The van der Waals surface area contributed by atoms with Crippen LogP contribution in [0.15, 0.2) is 47.6 Å². The van der Waals surface area contributed by atoms with Crippen LogP contribution >= 0.6 is 11.6 Å². The number of hydrogen-bond acceptors (Lipinski definition) is 5. The van der Waals surface area contributed by atoms with Gasteiger partial charge in [-0.2, -0.15) is 5.10 Å². The standard InChI is InChI=1S/C19H18ClN3O3/c1-21-10-19(24)23-16(12-6-7-17-18(8-12)26-11-25-17)9-15(22-23)13-4-2-3-5-14(13)20/h2-8,16,21H,9-11H2,1H3. The summed E-state index contributed by atoms with van der Waals surface area (Å²) in [5, 5.41) is 9.64. The number of nitrogens with zero attached hydrogens (tertiary/aromatic N) is 2. The largest absolute Gasteiger partial charge is 0.454 e. The van der Waals surface area contributed by atoms with E-state index in [2.05, 4.69) is 10.4 Å². The number of carbonyl (C=O) groups excluding carboxylic acids is 1. The van der Waals surface area contributed by atoms with Crippen LogP contribution in [0, 0.1) is 0 Å². The summed E-state index contributed by atoms with van der Waals surface area (Å²) in [4.78, 5) is 12.6. The summed E-state index contributed by atoms with van der Waals surface area (Å²) in [7, 11) is 1.74. The average molecular weight is 372 g/mol. The molecule has 6 nitrogen and oxygen atoms in total. The van der Waals surface area contributed by atoms with Gasteiger partial charge in [-0.3, -0.25) is 4.79 Å². The Morgan fingerprint density at radius 1 is 1.27 bits per heavy atom. The fourth-order valence-electron chi connectivity index (χ4n) is 3.21. The monoisotopic (exact) mass is 371 g/mol. The van der Waals surface area contributed by atoms with Gasteiger partial charge in [-0.05, 0) is 30.8 Å². The molecule has 4 rings (SSSR count). The molecule has 0 radical (unpaired) electrons. The van der Waals surface area contributed by atoms with Crippen LogP contribution in [0.3, 0.4) is 0 Å². The molecule has 0 spiro atoms. The minimum atomic E-state index is -0.211. The maximum atomic E-state index is 12.6. The van der Waals surface area contributed by atoms with E-state index < -0.39 is 0 Å². The lowest BCUT2D eigenvalue weighted by atomic mass is 9.98. The fraction of sp³-hybridized carbons (Fsp3) is 0.263. The Morgan fingerprint density at radius 3 is 2.88 bits per heavy atom. The van der Waals surface area contributed by atoms with E-state index in [0.29, 0.717) is 22.9 Å². The van der Waals surface area contributed by atoms with Gasteiger partial charge >= 0.3 is 0 Å². The third kappa shape index (κ3) is 3.02. The number of hydrogen-bond donors (Lipinski definition) is 1. The van der Waals surface area contributed by atoms with Crippen molar-refractivity contribution in [3.63, 3.8) is 0 Å². The van der Waals surface area contributed by atoms with Crippen LogP contribution in [0.1, 0.15) is 23.6 Å². The van der Waals surface area contributed by atoms with Gasteiger partial charge in [0.05, 0.1) is 18.3 Å². The molecule has 1 N–H and O–H groups in total. The second kappa shape index (κ2) is 6.97. The molecule has 2 aromatic carbocycles. The maximum Gasteiger partial charge on any atom is 0.257 e. The van der Waals surface area contributed by atoms with Crippen molar-refractivity contribution in [1.82, 2.24) is 10.3 Å². The molecule has 0 fully saturated rings. The molecule has 1 unspecified atom stereocenters. The summed E-state index contributed by atoms with van der Waals surface area (Å²) in [6.07, 6.45) is 0.582. The molecule has 0 bridgehead atoms. The lowest BCUT2D eigenvalue weighted by Gasteiger charge is -2.22. The van der Waals surface area contributed by atoms with Gasteiger partial charge in [0.25, 0.3) is 5.91 Å². The Balaban J connectivity index is 1.70. The van der Waals surface area contributed by atoms with E-state index in [0.717, 1.165) is 16.8 Å². The lowest BCUT2D eigenvalue weighted by Crippen LogP contribution is -2.34. The van der Waals surface area contributed by atoms with E-state index in [1.807, 2.05) is 42.5 Å². The van der Waals surface area contributed by atoms with E-state index >= 15 is 0 Å². The van der Waals surface area contributed by atoms with Crippen LogP contribution in [0.5, 0.6) is 11.5 Å². The first-order valence-electron chi connectivity index (χ1n) is 8.36. The third-order valence-electron chi connectivity index (χ3n) is 4.46. The van der Waals surface area contributed by atoms with Gasteiger partial charge in [-0.25, -0.2) is 5.01 Å². The lowest BCUT2D eigenvalue weighted by molar-refractivity contribution is -0.131. The molecule has 26 heavy (non-hydrogen) atoms. The molecule has 1 amide bonds. The van der Waals surface area contributed by atoms with Crippen LogP contribution in [-0.2, 0) is 4.79 Å². The molecule has 0 saturated carbocycles. The van der Waals surface area contributed by atoms with Gasteiger partial charge in [0.2, 0.25) is 6.79 Å². The van der Waals surface area contributed by atoms with E-state index in [9.17, 15) is 4.79 Å². The second-order valence-electron chi connectivity index (χ2n) is 6.13. The third-order valence-corrected chi connectivity index (χ3v) is 4.79. The fourth-order valence-corrected chi connectivity index (χ4v) is 3.46. The van der Waals surface area contributed by atoms with Crippen molar-refractivity contribution >= 4 is 23.2 Å². The van der Waals surface area contributed by atoms with Crippen LogP contribution in [0.25, 0.3) is 0 Å². The zero-order chi connectivity index (χ0) is 18.1. The number of carbonyl (C=O) groups is 1. The number of likely N-dealkylation sites (N-methyl/N-ethyl adjacent to an activating group) is 1. The second-order valence-corrected chi connectivity index (χ2v) is 6.53. The number of fused-ring (bicyclic) bond motifs is 1. The maximum absolute atomic E-state index is 12.6. The summed E-state index contributed by atoms with van der Waals surface area (Å²) in [5.74, 6) is 1.30. The molecule has 2 heterocycles. The van der Waals surface area contributed by atoms with Crippen molar-refractivity contribution in [2.75, 3.05) is 20.4 Å². The van der Waals surface area contributed by atoms with Crippen molar-refractivity contribution < 1.29 is 14.3 Å². The molecular weight excluding hydrogens is 354 g/mol. The number of nitrogens with one attached hydrogen (secondary N) is 1. The Labute approximate surface area is 156 Å². The number of benzene rings is 2. The Bertz CT molecular complexity index is 884. The van der Waals surface area contributed by atoms with Crippen LogP contribution in [0.2, 0.25) is 5.02 Å². The first-order valence-corrected chi connectivity index (χ1v) is 8.74.